The van der Waals surface area contributed by atoms with E-state index in [2.05, 4.69) is 43.4 Å². The summed E-state index contributed by atoms with van der Waals surface area (Å²) in [5, 5.41) is 0. The summed E-state index contributed by atoms with van der Waals surface area (Å²) in [6, 6.07) is 0. The fourth-order valence-electron chi connectivity index (χ4n) is 9.12. The summed E-state index contributed by atoms with van der Waals surface area (Å²) in [5.74, 6) is 5.25. The zero-order valence-corrected chi connectivity index (χ0v) is 23.2. The Balaban J connectivity index is 1.42. The zero-order valence-electron chi connectivity index (χ0n) is 21.0. The number of carbonyl (C=O) groups excluding carboxylic acids is 1. The van der Waals surface area contributed by atoms with Crippen LogP contribution < -0.4 is 0 Å². The second-order valence-electron chi connectivity index (χ2n) is 13.4. The molecule has 0 aromatic carbocycles. The first-order chi connectivity index (χ1) is 14.4. The molecule has 4 rings (SSSR count). The summed E-state index contributed by atoms with van der Waals surface area (Å²) >= 11 is 2.72. The van der Waals surface area contributed by atoms with Crippen LogP contribution in [0.4, 0.5) is 0 Å². The van der Waals surface area contributed by atoms with Gasteiger partial charge < -0.3 is 4.74 Å². The van der Waals surface area contributed by atoms with Crippen LogP contribution in [0.5, 0.6) is 0 Å². The number of alkyl halides is 1. The van der Waals surface area contributed by atoms with Crippen LogP contribution in [0.15, 0.2) is 0 Å². The molecule has 0 saturated heterocycles. The molecule has 0 bridgehead atoms. The third kappa shape index (κ3) is 4.61. The van der Waals surface area contributed by atoms with Gasteiger partial charge in [0.1, 0.15) is 5.60 Å². The number of rotatable bonds is 4. The Morgan fingerprint density at radius 3 is 2.39 bits per heavy atom. The number of hydrogen-bond acceptors (Lipinski definition) is 2. The third-order valence-electron chi connectivity index (χ3n) is 10.6. The summed E-state index contributed by atoms with van der Waals surface area (Å²) in [4.78, 5) is 12.3. The van der Waals surface area contributed by atoms with E-state index in [0.29, 0.717) is 23.2 Å². The monoisotopic (exact) mass is 542 g/mol. The molecule has 4 fully saturated rings. The third-order valence-corrected chi connectivity index (χ3v) is 11.7. The maximum Gasteiger partial charge on any atom is 0.306 e. The van der Waals surface area contributed by atoms with Gasteiger partial charge in [-0.25, -0.2) is 0 Å². The molecule has 0 aliphatic heterocycles. The average Bonchev–Trinajstić information content (AvgIpc) is 3.02. The van der Waals surface area contributed by atoms with Gasteiger partial charge in [-0.2, -0.15) is 0 Å². The number of carbonyl (C=O) groups is 1. The van der Waals surface area contributed by atoms with Crippen molar-refractivity contribution in [3.05, 3.63) is 0 Å². The first-order valence-corrected chi connectivity index (χ1v) is 14.5. The number of halogens is 1. The molecule has 3 heteroatoms. The van der Waals surface area contributed by atoms with Gasteiger partial charge in [-0.1, -0.05) is 43.4 Å². The highest BCUT2D eigenvalue weighted by Gasteiger charge is 2.60. The van der Waals surface area contributed by atoms with Gasteiger partial charge in [0.25, 0.3) is 0 Å². The molecule has 0 N–H and O–H groups in total. The van der Waals surface area contributed by atoms with Crippen molar-refractivity contribution in [3.63, 3.8) is 0 Å². The lowest BCUT2D eigenvalue weighted by molar-refractivity contribution is -0.155. The van der Waals surface area contributed by atoms with Crippen molar-refractivity contribution >= 4 is 28.6 Å². The summed E-state index contributed by atoms with van der Waals surface area (Å²) in [6.07, 6.45) is 14.7. The van der Waals surface area contributed by atoms with Gasteiger partial charge in [0, 0.05) is 10.3 Å². The summed E-state index contributed by atoms with van der Waals surface area (Å²) in [5.41, 5.74) is 0.749. The molecule has 4 saturated carbocycles. The van der Waals surface area contributed by atoms with Crippen LogP contribution in [0.1, 0.15) is 112 Å². The predicted octanol–water partition coefficient (Wildman–Crippen LogP) is 8.21. The lowest BCUT2D eigenvalue weighted by Crippen LogP contribution is -2.53. The van der Waals surface area contributed by atoms with Gasteiger partial charge in [-0.05, 0) is 131 Å². The fraction of sp³-hybridized carbons (Fsp3) is 0.964. The first-order valence-electron chi connectivity index (χ1n) is 13.3. The molecular formula is C28H47IO2. The Morgan fingerprint density at radius 1 is 1.00 bits per heavy atom. The molecular weight excluding hydrogens is 495 g/mol. The smallest absolute Gasteiger partial charge is 0.306 e. The van der Waals surface area contributed by atoms with Crippen molar-refractivity contribution in [2.24, 2.45) is 46.3 Å². The van der Waals surface area contributed by atoms with E-state index in [1.807, 2.05) is 20.8 Å². The van der Waals surface area contributed by atoms with E-state index in [9.17, 15) is 4.79 Å². The number of hydrogen-bond donors (Lipinski definition) is 0. The molecule has 0 spiro atoms. The highest BCUT2D eigenvalue weighted by Crippen LogP contribution is 2.68. The molecule has 0 radical (unpaired) electrons. The fourth-order valence-corrected chi connectivity index (χ4v) is 10.0. The van der Waals surface area contributed by atoms with Gasteiger partial charge in [-0.15, -0.1) is 0 Å². The summed E-state index contributed by atoms with van der Waals surface area (Å²) in [7, 11) is 0. The minimum absolute atomic E-state index is 0.0140. The number of ether oxygens (including phenoxy) is 1. The van der Waals surface area contributed by atoms with E-state index < -0.39 is 0 Å². The molecule has 2 nitrogen and oxygen atoms in total. The van der Waals surface area contributed by atoms with E-state index in [4.69, 9.17) is 4.74 Å². The second-order valence-corrected chi connectivity index (χ2v) is 15.1. The van der Waals surface area contributed by atoms with Crippen LogP contribution in [0.25, 0.3) is 0 Å². The van der Waals surface area contributed by atoms with Gasteiger partial charge in [-0.3, -0.25) is 4.79 Å². The molecule has 1 unspecified atom stereocenters. The standard InChI is InChI=1S/C28H47IO2/c1-18(7-12-25(30)31-26(2,3)4)22-10-11-23-21-9-8-19-17-20(29)13-15-27(19,5)24(21)14-16-28(22,23)6/h18-24H,7-17H2,1-6H3/t18-,19-,20+,21+,22?,23+,24+,27+,28-/m1/s1. The van der Waals surface area contributed by atoms with E-state index in [-0.39, 0.29) is 11.6 Å². The SMILES string of the molecule is C[C@H](CCC(=O)OC(C)(C)C)C1CC[C@H]2[C@@H]3CC[C@@H]4C[C@@H](I)CC[C@]4(C)[C@H]3CC[C@]12C. The Morgan fingerprint density at radius 2 is 1.68 bits per heavy atom. The molecule has 4 aliphatic rings. The number of fused-ring (bicyclic) bond motifs is 5. The first kappa shape index (κ1) is 24.3. The van der Waals surface area contributed by atoms with Crippen LogP contribution in [-0.4, -0.2) is 15.5 Å². The van der Waals surface area contributed by atoms with Crippen LogP contribution in [-0.2, 0) is 9.53 Å². The highest BCUT2D eigenvalue weighted by atomic mass is 127. The molecule has 0 aromatic rings. The van der Waals surface area contributed by atoms with Crippen LogP contribution in [0.2, 0.25) is 0 Å². The molecule has 0 aromatic heterocycles. The molecule has 178 valence electrons. The van der Waals surface area contributed by atoms with Crippen LogP contribution >= 0.6 is 22.6 Å². The zero-order chi connectivity index (χ0) is 22.6. The Labute approximate surface area is 205 Å². The summed E-state index contributed by atoms with van der Waals surface area (Å²) < 4.78 is 6.50. The average molecular weight is 543 g/mol. The van der Waals surface area contributed by atoms with Gasteiger partial charge in [0.15, 0.2) is 0 Å². The lowest BCUT2D eigenvalue weighted by Gasteiger charge is -2.61. The van der Waals surface area contributed by atoms with E-state index in [0.717, 1.165) is 39.9 Å². The second kappa shape index (κ2) is 8.77. The maximum absolute atomic E-state index is 12.3. The highest BCUT2D eigenvalue weighted by molar-refractivity contribution is 14.1. The molecule has 0 amide bonds. The normalized spacial score (nSPS) is 45.9. The van der Waals surface area contributed by atoms with Crippen molar-refractivity contribution in [1.29, 1.82) is 0 Å². The van der Waals surface area contributed by atoms with E-state index in [1.165, 1.54) is 57.8 Å². The quantitative estimate of drug-likeness (QED) is 0.203. The summed E-state index contributed by atoms with van der Waals surface area (Å²) in [6.45, 7) is 13.7. The van der Waals surface area contributed by atoms with Gasteiger partial charge in [0.05, 0.1) is 0 Å². The van der Waals surface area contributed by atoms with Crippen LogP contribution in [0, 0.1) is 46.3 Å². The molecule has 9 atom stereocenters. The van der Waals surface area contributed by atoms with Crippen molar-refractivity contribution < 1.29 is 9.53 Å². The van der Waals surface area contributed by atoms with Crippen molar-refractivity contribution in [2.45, 2.75) is 122 Å². The minimum atomic E-state index is -0.367. The Bertz CT molecular complexity index is 668. The molecule has 31 heavy (non-hydrogen) atoms. The topological polar surface area (TPSA) is 26.3 Å². The minimum Gasteiger partial charge on any atom is -0.460 e. The van der Waals surface area contributed by atoms with Gasteiger partial charge in [0.2, 0.25) is 0 Å². The maximum atomic E-state index is 12.3. The number of esters is 1. The van der Waals surface area contributed by atoms with Gasteiger partial charge >= 0.3 is 5.97 Å². The molecule has 4 aliphatic carbocycles. The lowest BCUT2D eigenvalue weighted by atomic mass is 9.44. The van der Waals surface area contributed by atoms with Crippen molar-refractivity contribution in [1.82, 2.24) is 0 Å². The van der Waals surface area contributed by atoms with Crippen LogP contribution in [0.3, 0.4) is 0 Å². The predicted molar refractivity (Wildman–Crippen MR) is 137 cm³/mol. The van der Waals surface area contributed by atoms with Crippen molar-refractivity contribution in [2.75, 3.05) is 0 Å². The van der Waals surface area contributed by atoms with E-state index >= 15 is 0 Å². The van der Waals surface area contributed by atoms with Crippen molar-refractivity contribution in [3.8, 4) is 0 Å². The Hall–Kier alpha value is 0.200. The molecule has 0 heterocycles. The Kier molecular flexibility index (Phi) is 6.88. The van der Waals surface area contributed by atoms with E-state index in [1.54, 1.807) is 0 Å². The largest absolute Gasteiger partial charge is 0.460 e.